The van der Waals surface area contributed by atoms with Gasteiger partial charge in [-0.2, -0.15) is 0 Å². The first-order chi connectivity index (χ1) is 7.77. The molecule has 0 radical (unpaired) electrons. The van der Waals surface area contributed by atoms with Crippen molar-refractivity contribution in [2.45, 2.75) is 6.92 Å². The van der Waals surface area contributed by atoms with Crippen molar-refractivity contribution in [3.63, 3.8) is 0 Å². The third-order valence-electron chi connectivity index (χ3n) is 2.65. The van der Waals surface area contributed by atoms with Crippen molar-refractivity contribution >= 4 is 0 Å². The molecule has 0 atom stereocenters. The predicted octanol–water partition coefficient (Wildman–Crippen LogP) is 2.05. The lowest BCUT2D eigenvalue weighted by Crippen LogP contribution is -2.07. The maximum absolute atomic E-state index is 5.42. The topological polar surface area (TPSA) is 91.7 Å². The second-order valence-corrected chi connectivity index (χ2v) is 3.59. The summed E-state index contributed by atoms with van der Waals surface area (Å²) in [7, 11) is 1.94. The van der Waals surface area contributed by atoms with Gasteiger partial charge in [0.05, 0.1) is 6.26 Å². The van der Waals surface area contributed by atoms with E-state index in [1.54, 1.807) is 6.26 Å². The van der Waals surface area contributed by atoms with E-state index in [0.29, 0.717) is 5.82 Å². The lowest BCUT2D eigenvalue weighted by molar-refractivity contribution is 0.574. The second kappa shape index (κ2) is 3.99. The molecule has 6 nitrogen and oxygen atoms in total. The van der Waals surface area contributed by atoms with Crippen molar-refractivity contribution < 1.29 is 4.42 Å². The van der Waals surface area contributed by atoms with Gasteiger partial charge in [-0.3, -0.25) is 0 Å². The van der Waals surface area contributed by atoms with Crippen molar-refractivity contribution in [2.75, 3.05) is 0 Å². The van der Waals surface area contributed by atoms with Crippen molar-refractivity contribution in [3.05, 3.63) is 30.5 Å². The molecule has 0 bridgehead atoms. The first-order valence-corrected chi connectivity index (χ1v) is 4.95. The van der Waals surface area contributed by atoms with E-state index in [4.69, 9.17) is 4.42 Å². The van der Waals surface area contributed by atoms with E-state index in [2.05, 4.69) is 15.0 Å². The first kappa shape index (κ1) is 11.3. The van der Waals surface area contributed by atoms with E-state index >= 15 is 0 Å². The van der Waals surface area contributed by atoms with Crippen LogP contribution in [-0.2, 0) is 7.05 Å². The molecule has 0 aliphatic carbocycles. The maximum Gasteiger partial charge on any atom is 0.183 e. The van der Waals surface area contributed by atoms with Gasteiger partial charge in [-0.1, -0.05) is 0 Å². The lowest BCUT2D eigenvalue weighted by Gasteiger charge is -2.12. The largest absolute Gasteiger partial charge is 0.463 e. The summed E-state index contributed by atoms with van der Waals surface area (Å²) in [6.07, 6.45) is 3.16. The number of hydrogen-bond donors (Lipinski definition) is 1. The molecule has 3 heterocycles. The van der Waals surface area contributed by atoms with E-state index in [1.165, 1.54) is 6.33 Å². The monoisotopic (exact) mass is 231 g/mol. The Morgan fingerprint density at radius 1 is 1.29 bits per heavy atom. The van der Waals surface area contributed by atoms with Crippen LogP contribution in [0.25, 0.3) is 23.0 Å². The molecule has 1 aromatic heterocycles. The van der Waals surface area contributed by atoms with Crippen LogP contribution in [0.4, 0.5) is 0 Å². The number of rotatable bonds is 1. The summed E-state index contributed by atoms with van der Waals surface area (Å²) < 4.78 is 7.37. The van der Waals surface area contributed by atoms with Crippen LogP contribution in [0.3, 0.4) is 0 Å². The molecule has 2 aliphatic rings. The molecule has 1 aromatic rings. The summed E-state index contributed by atoms with van der Waals surface area (Å²) in [5.41, 5.74) is 1.67. The molecule has 88 valence electrons. The van der Waals surface area contributed by atoms with Crippen LogP contribution in [0.5, 0.6) is 0 Å². The van der Waals surface area contributed by atoms with E-state index in [0.717, 1.165) is 23.0 Å². The Morgan fingerprint density at radius 2 is 2.12 bits per heavy atom. The van der Waals surface area contributed by atoms with E-state index in [9.17, 15) is 0 Å². The molecule has 3 N–H and O–H groups in total. The Balaban J connectivity index is 0.00000108. The Bertz CT molecular complexity index is 599. The Labute approximate surface area is 98.3 Å². The zero-order valence-electron chi connectivity index (χ0n) is 9.71. The summed E-state index contributed by atoms with van der Waals surface area (Å²) in [4.78, 5) is 12.7. The van der Waals surface area contributed by atoms with Gasteiger partial charge in [-0.05, 0) is 19.1 Å². The van der Waals surface area contributed by atoms with E-state index < -0.39 is 0 Å². The van der Waals surface area contributed by atoms with Crippen LogP contribution >= 0.6 is 0 Å². The average molecular weight is 231 g/mol. The van der Waals surface area contributed by atoms with Gasteiger partial charge in [0, 0.05) is 7.05 Å². The molecule has 0 amide bonds. The number of furan rings is 1. The van der Waals surface area contributed by atoms with Gasteiger partial charge in [0.2, 0.25) is 0 Å². The van der Waals surface area contributed by atoms with Crippen molar-refractivity contribution in [1.82, 2.24) is 25.7 Å². The third kappa shape index (κ3) is 1.58. The number of nitrogens with zero attached hydrogens (tertiary/aromatic N) is 4. The molecule has 3 rings (SSSR count). The number of hydrogen-bond acceptors (Lipinski definition) is 5. The van der Waals surface area contributed by atoms with Gasteiger partial charge < -0.3 is 15.1 Å². The normalized spacial score (nSPS) is 10.5. The van der Waals surface area contributed by atoms with Crippen molar-refractivity contribution in [1.29, 1.82) is 0 Å². The summed E-state index contributed by atoms with van der Waals surface area (Å²) in [6.45, 7) is 1.93. The second-order valence-electron chi connectivity index (χ2n) is 3.59. The van der Waals surface area contributed by atoms with Crippen LogP contribution in [0.2, 0.25) is 0 Å². The van der Waals surface area contributed by atoms with Gasteiger partial charge in [0.15, 0.2) is 11.6 Å². The minimum absolute atomic E-state index is 0. The van der Waals surface area contributed by atoms with Gasteiger partial charge in [0.1, 0.15) is 23.5 Å². The summed E-state index contributed by atoms with van der Waals surface area (Å²) in [5.74, 6) is 2.31. The van der Waals surface area contributed by atoms with Crippen molar-refractivity contribution in [2.24, 2.45) is 7.05 Å². The Hall–Kier alpha value is -2.21. The number of imidazole rings is 1. The van der Waals surface area contributed by atoms with Gasteiger partial charge in [-0.25, -0.2) is 15.0 Å². The average Bonchev–Trinajstić information content (AvgIpc) is 2.89. The molecule has 0 aromatic carbocycles. The van der Waals surface area contributed by atoms with Crippen LogP contribution in [-0.4, -0.2) is 19.5 Å². The first-order valence-electron chi connectivity index (χ1n) is 4.95. The van der Waals surface area contributed by atoms with Crippen LogP contribution in [0, 0.1) is 6.92 Å². The summed E-state index contributed by atoms with van der Waals surface area (Å²) >= 11 is 0. The number of aromatic nitrogens is 4. The number of aryl methyl sites for hydroxylation is 1. The fourth-order valence-electron chi connectivity index (χ4n) is 1.75. The third-order valence-corrected chi connectivity index (χ3v) is 2.65. The van der Waals surface area contributed by atoms with Gasteiger partial charge >= 0.3 is 0 Å². The SMILES string of the molecule is Cc1nc2ncnc-2c(-c2ccco2)n1C.N. The molecular formula is C11H13N5O. The van der Waals surface area contributed by atoms with Crippen LogP contribution < -0.4 is 6.15 Å². The maximum atomic E-state index is 5.42. The zero-order valence-corrected chi connectivity index (χ0v) is 9.71. The highest BCUT2D eigenvalue weighted by Crippen LogP contribution is 2.30. The van der Waals surface area contributed by atoms with Crippen LogP contribution in [0.15, 0.2) is 29.1 Å². The lowest BCUT2D eigenvalue weighted by atomic mass is 10.2. The van der Waals surface area contributed by atoms with E-state index in [-0.39, 0.29) is 6.15 Å². The standard InChI is InChI=1S/C11H10N4O.H3N/c1-7-14-11-9(12-6-13-11)10(15(7)2)8-4-3-5-16-8;/h3-6H,1-2H3;1H3. The summed E-state index contributed by atoms with van der Waals surface area (Å²) in [6, 6.07) is 3.76. The predicted molar refractivity (Wildman–Crippen MR) is 62.9 cm³/mol. The number of fused-ring (bicyclic) bond motifs is 1. The fraction of sp³-hybridized carbons (Fsp3) is 0.182. The van der Waals surface area contributed by atoms with Crippen LogP contribution in [0.1, 0.15) is 5.82 Å². The minimum atomic E-state index is 0. The Morgan fingerprint density at radius 3 is 2.82 bits per heavy atom. The smallest absolute Gasteiger partial charge is 0.183 e. The van der Waals surface area contributed by atoms with Crippen molar-refractivity contribution in [3.8, 4) is 23.0 Å². The molecule has 0 spiro atoms. The quantitative estimate of drug-likeness (QED) is 0.691. The molecule has 0 saturated carbocycles. The van der Waals surface area contributed by atoms with E-state index in [1.807, 2.05) is 30.7 Å². The fourth-order valence-corrected chi connectivity index (χ4v) is 1.75. The zero-order chi connectivity index (χ0) is 11.1. The highest BCUT2D eigenvalue weighted by molar-refractivity contribution is 5.72. The minimum Gasteiger partial charge on any atom is -0.463 e. The molecule has 2 aliphatic heterocycles. The molecule has 0 fully saturated rings. The molecule has 0 saturated heterocycles. The molecular weight excluding hydrogens is 218 g/mol. The molecule has 17 heavy (non-hydrogen) atoms. The highest BCUT2D eigenvalue weighted by Gasteiger charge is 2.20. The summed E-state index contributed by atoms with van der Waals surface area (Å²) in [5, 5.41) is 0. The molecule has 0 unspecified atom stereocenters. The Kier molecular flexibility index (Phi) is 2.64. The van der Waals surface area contributed by atoms with Gasteiger partial charge in [-0.15, -0.1) is 0 Å². The highest BCUT2D eigenvalue weighted by atomic mass is 16.3. The molecule has 6 heteroatoms. The van der Waals surface area contributed by atoms with Gasteiger partial charge in [0.25, 0.3) is 0 Å².